The van der Waals surface area contributed by atoms with Crippen LogP contribution in [0.25, 0.3) is 0 Å². The summed E-state index contributed by atoms with van der Waals surface area (Å²) in [4.78, 5) is 0. The van der Waals surface area contributed by atoms with E-state index >= 15 is 0 Å². The Labute approximate surface area is 132 Å². The maximum Gasteiger partial charge on any atom is 0.172 e. The van der Waals surface area contributed by atoms with Crippen LogP contribution in [0.15, 0.2) is 12.2 Å². The first-order valence-corrected chi connectivity index (χ1v) is 9.02. The molecule has 1 spiro atoms. The molecule has 0 radical (unpaired) electrons. The summed E-state index contributed by atoms with van der Waals surface area (Å²) < 4.78 is 11.6. The molecular weight excluding hydrogens is 280 g/mol. The summed E-state index contributed by atoms with van der Waals surface area (Å²) in [6, 6.07) is 0. The van der Waals surface area contributed by atoms with Crippen molar-refractivity contribution in [3.63, 3.8) is 0 Å². The largest absolute Gasteiger partial charge is 0.392 e. The Balaban J connectivity index is 1.36. The van der Waals surface area contributed by atoms with E-state index in [9.17, 15) is 10.2 Å². The zero-order valence-electron chi connectivity index (χ0n) is 13.2. The lowest BCUT2D eigenvalue weighted by Crippen LogP contribution is -2.54. The molecule has 0 bridgehead atoms. The number of aliphatic hydroxyl groups excluding tert-OH is 2. The summed E-state index contributed by atoms with van der Waals surface area (Å²) in [5.41, 5.74) is 0. The number of ether oxygens (including phenoxy) is 2. The molecule has 124 valence electrons. The molecule has 0 amide bonds. The van der Waals surface area contributed by atoms with Gasteiger partial charge in [-0.2, -0.15) is 0 Å². The zero-order chi connectivity index (χ0) is 15.2. The summed E-state index contributed by atoms with van der Waals surface area (Å²) in [5.74, 6) is 0.788. The Bertz CT molecular complexity index is 423. The van der Waals surface area contributed by atoms with E-state index in [1.54, 1.807) is 0 Å². The average molecular weight is 308 g/mol. The minimum atomic E-state index is -0.393. The van der Waals surface area contributed by atoms with Crippen LogP contribution in [-0.2, 0) is 9.47 Å². The van der Waals surface area contributed by atoms with Crippen molar-refractivity contribution < 1.29 is 19.7 Å². The van der Waals surface area contributed by atoms with Crippen LogP contribution in [0.1, 0.15) is 44.9 Å². The molecule has 0 aromatic rings. The number of hydrogen-bond acceptors (Lipinski definition) is 4. The van der Waals surface area contributed by atoms with Crippen molar-refractivity contribution in [3.05, 3.63) is 12.2 Å². The van der Waals surface area contributed by atoms with Crippen molar-refractivity contribution >= 4 is 0 Å². The van der Waals surface area contributed by atoms with E-state index in [4.69, 9.17) is 9.47 Å². The van der Waals surface area contributed by atoms with Gasteiger partial charge in [0.1, 0.15) is 0 Å². The van der Waals surface area contributed by atoms with Crippen molar-refractivity contribution in [2.75, 3.05) is 13.2 Å². The highest BCUT2D eigenvalue weighted by Gasteiger charge is 2.64. The van der Waals surface area contributed by atoms with Gasteiger partial charge in [0.15, 0.2) is 5.79 Å². The Morgan fingerprint density at radius 2 is 1.82 bits per heavy atom. The third kappa shape index (κ3) is 2.44. The van der Waals surface area contributed by atoms with Crippen molar-refractivity contribution in [2.24, 2.45) is 23.7 Å². The SMILES string of the molecule is OC(C=CC1CC2C(CC23OCCO3)C1O)C1CCCCC1. The Morgan fingerprint density at radius 1 is 1.09 bits per heavy atom. The molecule has 5 atom stereocenters. The highest BCUT2D eigenvalue weighted by molar-refractivity contribution is 5.13. The third-order valence-corrected chi connectivity index (χ3v) is 6.47. The molecule has 1 saturated heterocycles. The quantitative estimate of drug-likeness (QED) is 0.785. The van der Waals surface area contributed by atoms with Crippen LogP contribution in [0, 0.1) is 23.7 Å². The molecule has 4 fully saturated rings. The Kier molecular flexibility index (Phi) is 4.05. The lowest BCUT2D eigenvalue weighted by atomic mass is 9.69. The fourth-order valence-corrected chi connectivity index (χ4v) is 5.14. The first kappa shape index (κ1) is 15.1. The van der Waals surface area contributed by atoms with E-state index < -0.39 is 5.79 Å². The van der Waals surface area contributed by atoms with Gasteiger partial charge >= 0.3 is 0 Å². The lowest BCUT2D eigenvalue weighted by Gasteiger charge is -2.48. The van der Waals surface area contributed by atoms with Gasteiger partial charge in [0, 0.05) is 18.3 Å². The van der Waals surface area contributed by atoms with Gasteiger partial charge in [0.05, 0.1) is 25.4 Å². The molecule has 0 aromatic heterocycles. The van der Waals surface area contributed by atoms with Crippen molar-refractivity contribution in [1.82, 2.24) is 0 Å². The molecule has 5 unspecified atom stereocenters. The molecule has 3 saturated carbocycles. The van der Waals surface area contributed by atoms with Crippen LogP contribution < -0.4 is 0 Å². The van der Waals surface area contributed by atoms with Crippen LogP contribution in [-0.4, -0.2) is 41.4 Å². The second kappa shape index (κ2) is 5.90. The molecule has 0 aromatic carbocycles. The molecular formula is C18H28O4. The van der Waals surface area contributed by atoms with Gasteiger partial charge in [0.25, 0.3) is 0 Å². The first-order chi connectivity index (χ1) is 10.7. The summed E-state index contributed by atoms with van der Waals surface area (Å²) in [7, 11) is 0. The van der Waals surface area contributed by atoms with Gasteiger partial charge in [-0.3, -0.25) is 0 Å². The molecule has 1 aliphatic heterocycles. The number of aliphatic hydroxyl groups is 2. The molecule has 4 aliphatic rings. The molecule has 2 N–H and O–H groups in total. The third-order valence-electron chi connectivity index (χ3n) is 6.47. The Hall–Kier alpha value is -0.420. The van der Waals surface area contributed by atoms with Gasteiger partial charge in [-0.05, 0) is 31.1 Å². The van der Waals surface area contributed by atoms with Gasteiger partial charge in [-0.25, -0.2) is 0 Å². The number of hydrogen-bond donors (Lipinski definition) is 2. The predicted molar refractivity (Wildman–Crippen MR) is 82.1 cm³/mol. The van der Waals surface area contributed by atoms with Crippen LogP contribution in [0.3, 0.4) is 0 Å². The zero-order valence-corrected chi connectivity index (χ0v) is 13.2. The molecule has 1 heterocycles. The fraction of sp³-hybridized carbons (Fsp3) is 0.889. The Morgan fingerprint density at radius 3 is 2.55 bits per heavy atom. The van der Waals surface area contributed by atoms with E-state index in [2.05, 4.69) is 6.08 Å². The normalized spacial score (nSPS) is 42.6. The second-order valence-electron chi connectivity index (χ2n) is 7.65. The van der Waals surface area contributed by atoms with Gasteiger partial charge in [-0.15, -0.1) is 0 Å². The average Bonchev–Trinajstić information content (AvgIpc) is 3.12. The molecule has 4 rings (SSSR count). The monoisotopic (exact) mass is 308 g/mol. The van der Waals surface area contributed by atoms with Crippen LogP contribution in [0.4, 0.5) is 0 Å². The van der Waals surface area contributed by atoms with Crippen LogP contribution in [0.5, 0.6) is 0 Å². The first-order valence-electron chi connectivity index (χ1n) is 9.02. The highest BCUT2D eigenvalue weighted by Crippen LogP contribution is 2.59. The smallest absolute Gasteiger partial charge is 0.172 e. The maximum absolute atomic E-state index is 10.5. The van der Waals surface area contributed by atoms with Crippen molar-refractivity contribution in [2.45, 2.75) is 62.9 Å². The number of fused-ring (bicyclic) bond motifs is 2. The second-order valence-corrected chi connectivity index (χ2v) is 7.65. The van der Waals surface area contributed by atoms with Crippen LogP contribution >= 0.6 is 0 Å². The fourth-order valence-electron chi connectivity index (χ4n) is 5.14. The van der Waals surface area contributed by atoms with Crippen molar-refractivity contribution in [3.8, 4) is 0 Å². The van der Waals surface area contributed by atoms with Crippen LogP contribution in [0.2, 0.25) is 0 Å². The van der Waals surface area contributed by atoms with E-state index in [1.165, 1.54) is 19.3 Å². The lowest BCUT2D eigenvalue weighted by molar-refractivity contribution is -0.275. The minimum Gasteiger partial charge on any atom is -0.392 e. The maximum atomic E-state index is 10.5. The van der Waals surface area contributed by atoms with E-state index in [0.717, 1.165) is 25.7 Å². The highest BCUT2D eigenvalue weighted by atomic mass is 16.7. The molecule has 4 heteroatoms. The summed E-state index contributed by atoms with van der Waals surface area (Å²) in [6.45, 7) is 1.36. The van der Waals surface area contributed by atoms with E-state index in [0.29, 0.717) is 31.0 Å². The molecule has 3 aliphatic carbocycles. The number of rotatable bonds is 3. The standard InChI is InChI=1S/C18H28O4/c19-16(12-4-2-1-3-5-12)7-6-13-10-15-14(17(13)20)11-18(15)21-8-9-22-18/h6-7,12-17,19-20H,1-5,8-11H2. The van der Waals surface area contributed by atoms with Gasteiger partial charge in [0.2, 0.25) is 0 Å². The summed E-state index contributed by atoms with van der Waals surface area (Å²) in [6.07, 6.45) is 11.1. The predicted octanol–water partition coefficient (Wildman–Crippen LogP) is 2.24. The summed E-state index contributed by atoms with van der Waals surface area (Å²) in [5, 5.41) is 20.9. The van der Waals surface area contributed by atoms with Crippen molar-refractivity contribution in [1.29, 1.82) is 0 Å². The van der Waals surface area contributed by atoms with Gasteiger partial charge < -0.3 is 19.7 Å². The van der Waals surface area contributed by atoms with E-state index in [1.807, 2.05) is 6.08 Å². The van der Waals surface area contributed by atoms with Gasteiger partial charge in [-0.1, -0.05) is 31.4 Å². The topological polar surface area (TPSA) is 58.9 Å². The molecule has 4 nitrogen and oxygen atoms in total. The minimum absolute atomic E-state index is 0.139. The molecule has 22 heavy (non-hydrogen) atoms. The summed E-state index contributed by atoms with van der Waals surface area (Å²) >= 11 is 0. The van der Waals surface area contributed by atoms with E-state index in [-0.39, 0.29) is 18.1 Å².